The molecular formula is C25H31N5O2. The molecule has 3 aromatic rings. The van der Waals surface area contributed by atoms with Crippen molar-refractivity contribution in [3.8, 4) is 5.88 Å². The van der Waals surface area contributed by atoms with Crippen molar-refractivity contribution in [2.75, 3.05) is 44.1 Å². The maximum Gasteiger partial charge on any atom is 0.227 e. The van der Waals surface area contributed by atoms with Gasteiger partial charge < -0.3 is 19.7 Å². The Morgan fingerprint density at radius 3 is 2.62 bits per heavy atom. The summed E-state index contributed by atoms with van der Waals surface area (Å²) in [6.07, 6.45) is 3.67. The van der Waals surface area contributed by atoms with Crippen molar-refractivity contribution >= 4 is 11.8 Å². The topological polar surface area (TPSA) is 72.4 Å². The number of pyridine rings is 1. The van der Waals surface area contributed by atoms with E-state index < -0.39 is 0 Å². The molecule has 3 heterocycles. The van der Waals surface area contributed by atoms with Crippen LogP contribution in [0.15, 0.2) is 54.7 Å². The monoisotopic (exact) mass is 433 g/mol. The summed E-state index contributed by atoms with van der Waals surface area (Å²) in [5.41, 5.74) is 3.44. The number of nitrogens with zero attached hydrogens (tertiary/aromatic N) is 4. The largest absolute Gasteiger partial charge is 0.471 e. The molecule has 0 radical (unpaired) electrons. The van der Waals surface area contributed by atoms with Gasteiger partial charge in [0, 0.05) is 57.6 Å². The summed E-state index contributed by atoms with van der Waals surface area (Å²) in [5.74, 6) is 2.01. The summed E-state index contributed by atoms with van der Waals surface area (Å²) in [6.45, 7) is 4.79. The molecule has 1 aliphatic rings. The van der Waals surface area contributed by atoms with Gasteiger partial charge >= 0.3 is 0 Å². The van der Waals surface area contributed by atoms with E-state index in [1.165, 1.54) is 11.1 Å². The number of hydrogen-bond acceptors (Lipinski definition) is 7. The number of benzene rings is 1. The third-order valence-corrected chi connectivity index (χ3v) is 5.86. The Hall–Kier alpha value is -3.19. The first kappa shape index (κ1) is 22.0. The molecule has 0 atom stereocenters. The quantitative estimate of drug-likeness (QED) is 0.576. The molecule has 1 N–H and O–H groups in total. The van der Waals surface area contributed by atoms with Crippen LogP contribution in [0.2, 0.25) is 0 Å². The molecular weight excluding hydrogens is 402 g/mol. The van der Waals surface area contributed by atoms with Crippen LogP contribution in [-0.2, 0) is 16.8 Å². The molecule has 1 fully saturated rings. The Balaban J connectivity index is 1.54. The molecule has 0 unspecified atom stereocenters. The fraction of sp³-hybridized carbons (Fsp3) is 0.400. The van der Waals surface area contributed by atoms with Crippen LogP contribution < -0.4 is 15.0 Å². The molecule has 4 rings (SSSR count). The normalized spacial score (nSPS) is 15.2. The second-order valence-corrected chi connectivity index (χ2v) is 8.51. The predicted octanol–water partition coefficient (Wildman–Crippen LogP) is 3.99. The van der Waals surface area contributed by atoms with Gasteiger partial charge in [0.1, 0.15) is 12.4 Å². The maximum absolute atomic E-state index is 5.81. The summed E-state index contributed by atoms with van der Waals surface area (Å²) < 4.78 is 11.5. The van der Waals surface area contributed by atoms with E-state index in [1.54, 1.807) is 6.20 Å². The van der Waals surface area contributed by atoms with Gasteiger partial charge in [0.2, 0.25) is 11.8 Å². The zero-order chi connectivity index (χ0) is 22.4. The number of aromatic nitrogens is 3. The van der Waals surface area contributed by atoms with E-state index in [2.05, 4.69) is 46.5 Å². The molecule has 0 spiro atoms. The fourth-order valence-electron chi connectivity index (χ4n) is 3.99. The maximum atomic E-state index is 5.81. The molecule has 1 saturated heterocycles. The Labute approximate surface area is 189 Å². The van der Waals surface area contributed by atoms with Gasteiger partial charge in [-0.05, 0) is 31.4 Å². The van der Waals surface area contributed by atoms with E-state index in [0.717, 1.165) is 44.1 Å². The lowest BCUT2D eigenvalue weighted by Crippen LogP contribution is -2.40. The summed E-state index contributed by atoms with van der Waals surface area (Å²) in [5, 5.41) is 3.60. The summed E-state index contributed by atoms with van der Waals surface area (Å²) in [6, 6.07) is 16.4. The Bertz CT molecular complexity index is 1020. The number of ether oxygens (including phenoxy) is 2. The van der Waals surface area contributed by atoms with Crippen LogP contribution in [0.3, 0.4) is 0 Å². The average molecular weight is 434 g/mol. The molecule has 1 aliphatic heterocycles. The zero-order valence-electron chi connectivity index (χ0n) is 19.0. The van der Waals surface area contributed by atoms with Gasteiger partial charge in [0.25, 0.3) is 0 Å². The van der Waals surface area contributed by atoms with E-state index in [4.69, 9.17) is 14.5 Å². The number of aryl methyl sites for hydroxylation is 1. The van der Waals surface area contributed by atoms with E-state index in [1.807, 2.05) is 43.3 Å². The molecule has 168 valence electrons. The third-order valence-electron chi connectivity index (χ3n) is 5.86. The first-order chi connectivity index (χ1) is 15.5. The molecule has 1 aromatic carbocycles. The molecule has 0 amide bonds. The molecule has 0 saturated carbocycles. The lowest BCUT2D eigenvalue weighted by molar-refractivity contribution is 0.0543. The van der Waals surface area contributed by atoms with Gasteiger partial charge in [-0.1, -0.05) is 35.9 Å². The summed E-state index contributed by atoms with van der Waals surface area (Å²) in [7, 11) is 3.88. The van der Waals surface area contributed by atoms with Crippen LogP contribution in [-0.4, -0.2) is 48.8 Å². The minimum Gasteiger partial charge on any atom is -0.471 e. The molecule has 0 aliphatic carbocycles. The zero-order valence-corrected chi connectivity index (χ0v) is 19.0. The SMILES string of the molecule is Cc1cccc(C2(CNc3cc(COc4ccccn4)nc(N(C)C)n3)CCOCC2)c1. The lowest BCUT2D eigenvalue weighted by atomic mass is 9.73. The third kappa shape index (κ3) is 5.34. The number of hydrogen-bond donors (Lipinski definition) is 1. The van der Waals surface area contributed by atoms with Crippen LogP contribution in [0, 0.1) is 6.92 Å². The minimum absolute atomic E-state index is 0.0120. The highest BCUT2D eigenvalue weighted by Crippen LogP contribution is 2.35. The van der Waals surface area contributed by atoms with Gasteiger partial charge in [-0.2, -0.15) is 4.98 Å². The van der Waals surface area contributed by atoms with Gasteiger partial charge in [-0.3, -0.25) is 0 Å². The van der Waals surface area contributed by atoms with Crippen molar-refractivity contribution in [3.05, 3.63) is 71.5 Å². The molecule has 7 nitrogen and oxygen atoms in total. The van der Waals surface area contributed by atoms with Gasteiger partial charge in [0.15, 0.2) is 0 Å². The van der Waals surface area contributed by atoms with Crippen molar-refractivity contribution in [2.24, 2.45) is 0 Å². The van der Waals surface area contributed by atoms with Crippen molar-refractivity contribution < 1.29 is 9.47 Å². The van der Waals surface area contributed by atoms with E-state index in [-0.39, 0.29) is 5.41 Å². The molecule has 0 bridgehead atoms. The van der Waals surface area contributed by atoms with E-state index >= 15 is 0 Å². The number of rotatable bonds is 8. The molecule has 32 heavy (non-hydrogen) atoms. The lowest BCUT2D eigenvalue weighted by Gasteiger charge is -2.38. The van der Waals surface area contributed by atoms with Crippen LogP contribution >= 0.6 is 0 Å². The van der Waals surface area contributed by atoms with Crippen LogP contribution in [0.25, 0.3) is 0 Å². The Morgan fingerprint density at radius 2 is 1.91 bits per heavy atom. The van der Waals surface area contributed by atoms with Crippen LogP contribution in [0.1, 0.15) is 29.7 Å². The highest BCUT2D eigenvalue weighted by molar-refractivity contribution is 5.44. The Kier molecular flexibility index (Phi) is 6.85. The van der Waals surface area contributed by atoms with Crippen molar-refractivity contribution in [1.29, 1.82) is 0 Å². The summed E-state index contributed by atoms with van der Waals surface area (Å²) >= 11 is 0. The van der Waals surface area contributed by atoms with Crippen molar-refractivity contribution in [2.45, 2.75) is 31.8 Å². The smallest absolute Gasteiger partial charge is 0.227 e. The van der Waals surface area contributed by atoms with Crippen molar-refractivity contribution in [3.63, 3.8) is 0 Å². The average Bonchev–Trinajstić information content (AvgIpc) is 2.82. The molecule has 2 aromatic heterocycles. The second-order valence-electron chi connectivity index (χ2n) is 8.51. The van der Waals surface area contributed by atoms with E-state index in [9.17, 15) is 0 Å². The molecule has 7 heteroatoms. The van der Waals surface area contributed by atoms with Gasteiger partial charge in [-0.25, -0.2) is 9.97 Å². The summed E-state index contributed by atoms with van der Waals surface area (Å²) in [4.78, 5) is 15.5. The second kappa shape index (κ2) is 9.96. The number of nitrogens with one attached hydrogen (secondary N) is 1. The van der Waals surface area contributed by atoms with Gasteiger partial charge in [0.05, 0.1) is 5.69 Å². The Morgan fingerprint density at radius 1 is 1.06 bits per heavy atom. The highest BCUT2D eigenvalue weighted by Gasteiger charge is 2.34. The van der Waals surface area contributed by atoms with Crippen molar-refractivity contribution in [1.82, 2.24) is 15.0 Å². The predicted molar refractivity (Wildman–Crippen MR) is 126 cm³/mol. The standard InChI is InChI=1S/C25H31N5O2/c1-19-7-6-8-20(15-19)25(10-13-31-14-11-25)18-27-22-16-21(28-24(29-22)30(2)3)17-32-23-9-4-5-12-26-23/h4-9,12,15-16H,10-11,13-14,17-18H2,1-3H3,(H,27,28,29). The minimum atomic E-state index is 0.0120. The van der Waals surface area contributed by atoms with Gasteiger partial charge in [-0.15, -0.1) is 0 Å². The van der Waals surface area contributed by atoms with E-state index in [0.29, 0.717) is 18.4 Å². The van der Waals surface area contributed by atoms with Crippen LogP contribution in [0.4, 0.5) is 11.8 Å². The first-order valence-corrected chi connectivity index (χ1v) is 11.0. The van der Waals surface area contributed by atoms with Crippen LogP contribution in [0.5, 0.6) is 5.88 Å². The highest BCUT2D eigenvalue weighted by atomic mass is 16.5. The number of anilines is 2. The fourth-order valence-corrected chi connectivity index (χ4v) is 3.99. The first-order valence-electron chi connectivity index (χ1n) is 11.0.